The maximum Gasteiger partial charge on any atom is 0.224 e. The SMILES string of the molecule is CON(C)CCCC(=O)Nc1ccc(N)cc1C. The number of rotatable bonds is 6. The molecule has 0 aliphatic heterocycles. The highest BCUT2D eigenvalue weighted by atomic mass is 16.7. The van der Waals surface area contributed by atoms with Gasteiger partial charge >= 0.3 is 0 Å². The molecule has 0 spiro atoms. The number of amides is 1. The highest BCUT2D eigenvalue weighted by Crippen LogP contribution is 2.17. The Labute approximate surface area is 108 Å². The second-order valence-electron chi connectivity index (χ2n) is 4.26. The summed E-state index contributed by atoms with van der Waals surface area (Å²) in [5.74, 6) is 0.00683. The molecule has 1 aromatic carbocycles. The molecule has 5 nitrogen and oxygen atoms in total. The van der Waals surface area contributed by atoms with Crippen LogP contribution >= 0.6 is 0 Å². The number of anilines is 2. The van der Waals surface area contributed by atoms with E-state index in [1.807, 2.05) is 26.1 Å². The average molecular weight is 251 g/mol. The number of nitrogens with two attached hydrogens (primary N) is 1. The molecule has 0 unspecified atom stereocenters. The van der Waals surface area contributed by atoms with E-state index in [-0.39, 0.29) is 5.91 Å². The molecular weight excluding hydrogens is 230 g/mol. The molecule has 1 amide bonds. The fraction of sp³-hybridized carbons (Fsp3) is 0.462. The first-order chi connectivity index (χ1) is 8.52. The molecule has 0 aromatic heterocycles. The number of nitrogens with one attached hydrogen (secondary N) is 1. The summed E-state index contributed by atoms with van der Waals surface area (Å²) in [4.78, 5) is 16.7. The number of carbonyl (C=O) groups excluding carboxylic acids is 1. The summed E-state index contributed by atoms with van der Waals surface area (Å²) in [7, 11) is 3.44. The summed E-state index contributed by atoms with van der Waals surface area (Å²) in [6, 6.07) is 5.44. The number of benzene rings is 1. The first-order valence-corrected chi connectivity index (χ1v) is 5.94. The van der Waals surface area contributed by atoms with Crippen LogP contribution in [0, 0.1) is 6.92 Å². The number of hydrogen-bond donors (Lipinski definition) is 2. The Morgan fingerprint density at radius 1 is 1.50 bits per heavy atom. The van der Waals surface area contributed by atoms with Crippen molar-refractivity contribution in [2.75, 3.05) is 31.8 Å². The average Bonchev–Trinajstić information content (AvgIpc) is 2.32. The molecule has 0 fully saturated rings. The van der Waals surface area contributed by atoms with Gasteiger partial charge in [-0.1, -0.05) is 0 Å². The predicted molar refractivity (Wildman–Crippen MR) is 73.1 cm³/mol. The fourth-order valence-corrected chi connectivity index (χ4v) is 1.59. The number of carbonyl (C=O) groups is 1. The van der Waals surface area contributed by atoms with E-state index in [9.17, 15) is 4.79 Å². The van der Waals surface area contributed by atoms with Crippen molar-refractivity contribution < 1.29 is 9.63 Å². The smallest absolute Gasteiger partial charge is 0.224 e. The van der Waals surface area contributed by atoms with Gasteiger partial charge in [-0.2, -0.15) is 5.06 Å². The second kappa shape index (κ2) is 6.98. The van der Waals surface area contributed by atoms with E-state index in [2.05, 4.69) is 5.32 Å². The van der Waals surface area contributed by atoms with E-state index in [1.54, 1.807) is 18.2 Å². The minimum atomic E-state index is 0.00683. The third kappa shape index (κ3) is 4.73. The lowest BCUT2D eigenvalue weighted by atomic mass is 10.1. The standard InChI is InChI=1S/C13H21N3O2/c1-10-9-11(14)6-7-12(10)15-13(17)5-4-8-16(2)18-3/h6-7,9H,4-5,8,14H2,1-3H3,(H,15,17). The number of hydroxylamine groups is 2. The molecule has 0 heterocycles. The molecule has 0 aliphatic carbocycles. The van der Waals surface area contributed by atoms with Crippen molar-refractivity contribution in [1.29, 1.82) is 0 Å². The van der Waals surface area contributed by atoms with Crippen LogP contribution in [-0.4, -0.2) is 31.7 Å². The van der Waals surface area contributed by atoms with Crippen molar-refractivity contribution in [3.63, 3.8) is 0 Å². The van der Waals surface area contributed by atoms with Gasteiger partial charge in [0.05, 0.1) is 7.11 Å². The van der Waals surface area contributed by atoms with E-state index in [0.29, 0.717) is 12.1 Å². The minimum Gasteiger partial charge on any atom is -0.399 e. The molecule has 0 radical (unpaired) electrons. The van der Waals surface area contributed by atoms with E-state index in [1.165, 1.54) is 0 Å². The van der Waals surface area contributed by atoms with Gasteiger partial charge < -0.3 is 15.9 Å². The predicted octanol–water partition coefficient (Wildman–Crippen LogP) is 1.79. The maximum absolute atomic E-state index is 11.7. The largest absolute Gasteiger partial charge is 0.399 e. The molecule has 1 rings (SSSR count). The van der Waals surface area contributed by atoms with Crippen LogP contribution in [0.15, 0.2) is 18.2 Å². The molecule has 3 N–H and O–H groups in total. The van der Waals surface area contributed by atoms with Crippen molar-refractivity contribution >= 4 is 17.3 Å². The lowest BCUT2D eigenvalue weighted by molar-refractivity contribution is -0.119. The molecule has 0 atom stereocenters. The highest BCUT2D eigenvalue weighted by molar-refractivity contribution is 5.91. The van der Waals surface area contributed by atoms with Gasteiger partial charge in [0.15, 0.2) is 0 Å². The Hall–Kier alpha value is -1.59. The zero-order valence-electron chi connectivity index (χ0n) is 11.2. The van der Waals surface area contributed by atoms with Gasteiger partial charge in [0, 0.05) is 31.4 Å². The lowest BCUT2D eigenvalue weighted by Crippen LogP contribution is -2.20. The van der Waals surface area contributed by atoms with Gasteiger partial charge in [-0.15, -0.1) is 0 Å². The summed E-state index contributed by atoms with van der Waals surface area (Å²) in [6.45, 7) is 2.65. The summed E-state index contributed by atoms with van der Waals surface area (Å²) in [6.07, 6.45) is 1.22. The van der Waals surface area contributed by atoms with Crippen molar-refractivity contribution in [2.45, 2.75) is 19.8 Å². The quantitative estimate of drug-likeness (QED) is 0.597. The molecule has 0 saturated heterocycles. The Kier molecular flexibility index (Phi) is 5.61. The minimum absolute atomic E-state index is 0.00683. The molecule has 5 heteroatoms. The summed E-state index contributed by atoms with van der Waals surface area (Å²) in [5, 5.41) is 4.57. The van der Waals surface area contributed by atoms with Gasteiger partial charge in [-0.05, 0) is 37.1 Å². The summed E-state index contributed by atoms with van der Waals surface area (Å²) < 4.78 is 0. The van der Waals surface area contributed by atoms with Crippen LogP contribution in [-0.2, 0) is 9.63 Å². The van der Waals surface area contributed by atoms with E-state index < -0.39 is 0 Å². The Balaban J connectivity index is 2.40. The topological polar surface area (TPSA) is 67.6 Å². The van der Waals surface area contributed by atoms with Gasteiger partial charge in [0.2, 0.25) is 5.91 Å². The second-order valence-corrected chi connectivity index (χ2v) is 4.26. The molecule has 0 bridgehead atoms. The number of hydrogen-bond acceptors (Lipinski definition) is 4. The number of aryl methyl sites for hydroxylation is 1. The van der Waals surface area contributed by atoms with E-state index >= 15 is 0 Å². The van der Waals surface area contributed by atoms with Crippen molar-refractivity contribution in [3.8, 4) is 0 Å². The zero-order valence-corrected chi connectivity index (χ0v) is 11.2. The van der Waals surface area contributed by atoms with Gasteiger partial charge in [-0.3, -0.25) is 4.79 Å². The van der Waals surface area contributed by atoms with Crippen molar-refractivity contribution in [1.82, 2.24) is 5.06 Å². The maximum atomic E-state index is 11.7. The molecule has 1 aromatic rings. The molecule has 100 valence electrons. The highest BCUT2D eigenvalue weighted by Gasteiger charge is 2.05. The van der Waals surface area contributed by atoms with Crippen LogP contribution in [0.5, 0.6) is 0 Å². The van der Waals surface area contributed by atoms with Crippen LogP contribution < -0.4 is 11.1 Å². The van der Waals surface area contributed by atoms with Gasteiger partial charge in [0.25, 0.3) is 0 Å². The van der Waals surface area contributed by atoms with Crippen LogP contribution in [0.4, 0.5) is 11.4 Å². The van der Waals surface area contributed by atoms with E-state index in [0.717, 1.165) is 24.2 Å². The fourth-order valence-electron chi connectivity index (χ4n) is 1.59. The third-order valence-corrected chi connectivity index (χ3v) is 2.71. The number of nitrogens with zero attached hydrogens (tertiary/aromatic N) is 1. The zero-order chi connectivity index (χ0) is 13.5. The Morgan fingerprint density at radius 3 is 2.83 bits per heavy atom. The van der Waals surface area contributed by atoms with Gasteiger partial charge in [0.1, 0.15) is 0 Å². The monoisotopic (exact) mass is 251 g/mol. The van der Waals surface area contributed by atoms with Crippen molar-refractivity contribution in [2.24, 2.45) is 0 Å². The summed E-state index contributed by atoms with van der Waals surface area (Å²) in [5.41, 5.74) is 8.14. The van der Waals surface area contributed by atoms with Crippen LogP contribution in [0.1, 0.15) is 18.4 Å². The van der Waals surface area contributed by atoms with Crippen molar-refractivity contribution in [3.05, 3.63) is 23.8 Å². The molecule has 0 aliphatic rings. The molecule has 0 saturated carbocycles. The van der Waals surface area contributed by atoms with Crippen LogP contribution in [0.25, 0.3) is 0 Å². The Morgan fingerprint density at radius 2 is 2.22 bits per heavy atom. The first kappa shape index (κ1) is 14.5. The van der Waals surface area contributed by atoms with Crippen LogP contribution in [0.2, 0.25) is 0 Å². The molecule has 18 heavy (non-hydrogen) atoms. The Bertz CT molecular complexity index is 407. The van der Waals surface area contributed by atoms with Gasteiger partial charge in [-0.25, -0.2) is 0 Å². The molecular formula is C13H21N3O2. The first-order valence-electron chi connectivity index (χ1n) is 5.94. The third-order valence-electron chi connectivity index (χ3n) is 2.71. The van der Waals surface area contributed by atoms with E-state index in [4.69, 9.17) is 10.6 Å². The van der Waals surface area contributed by atoms with Crippen LogP contribution in [0.3, 0.4) is 0 Å². The summed E-state index contributed by atoms with van der Waals surface area (Å²) >= 11 is 0. The lowest BCUT2D eigenvalue weighted by Gasteiger charge is -2.13. The normalized spacial score (nSPS) is 10.7. The number of nitrogen functional groups attached to an aromatic ring is 1.